The van der Waals surface area contributed by atoms with E-state index >= 15 is 0 Å². The Labute approximate surface area is 86.2 Å². The summed E-state index contributed by atoms with van der Waals surface area (Å²) in [6.45, 7) is 9.20. The van der Waals surface area contributed by atoms with E-state index in [-0.39, 0.29) is 18.0 Å². The van der Waals surface area contributed by atoms with Crippen LogP contribution >= 0.6 is 0 Å². The lowest BCUT2D eigenvalue weighted by molar-refractivity contribution is -0.120. The van der Waals surface area contributed by atoms with Gasteiger partial charge in [-0.25, -0.2) is 0 Å². The highest BCUT2D eigenvalue weighted by atomic mass is 16.5. The molecule has 0 aromatic rings. The van der Waals surface area contributed by atoms with Crippen LogP contribution in [0.1, 0.15) is 27.7 Å². The molecule has 0 radical (unpaired) electrons. The quantitative estimate of drug-likeness (QED) is 0.632. The molecular weight excluding hydrogens is 180 g/mol. The van der Waals surface area contributed by atoms with Gasteiger partial charge in [-0.1, -0.05) is 13.8 Å². The van der Waals surface area contributed by atoms with E-state index in [0.29, 0.717) is 19.1 Å². The van der Waals surface area contributed by atoms with E-state index in [4.69, 9.17) is 10.5 Å². The molecule has 0 spiro atoms. The molecule has 0 aliphatic heterocycles. The van der Waals surface area contributed by atoms with Crippen LogP contribution in [0.15, 0.2) is 0 Å². The Hall–Kier alpha value is -0.610. The van der Waals surface area contributed by atoms with Crippen LogP contribution in [-0.4, -0.2) is 31.2 Å². The number of hydrogen-bond acceptors (Lipinski definition) is 3. The SMILES string of the molecule is CCOCC(NC(C)C(N)=O)C(C)C. The predicted octanol–water partition coefficient (Wildman–Crippen LogP) is 0.511. The fraction of sp³-hybridized carbons (Fsp3) is 0.900. The number of carbonyl (C=O) groups is 1. The first-order chi connectivity index (χ1) is 6.49. The van der Waals surface area contributed by atoms with Gasteiger partial charge in [0.2, 0.25) is 5.91 Å². The van der Waals surface area contributed by atoms with E-state index in [1.165, 1.54) is 0 Å². The molecule has 2 atom stereocenters. The number of primary amides is 1. The summed E-state index contributed by atoms with van der Waals surface area (Å²) in [6, 6.07) is -0.125. The van der Waals surface area contributed by atoms with E-state index in [1.54, 1.807) is 6.92 Å². The largest absolute Gasteiger partial charge is 0.380 e. The Morgan fingerprint density at radius 2 is 2.00 bits per heavy atom. The van der Waals surface area contributed by atoms with Gasteiger partial charge in [0.05, 0.1) is 12.6 Å². The normalized spacial score (nSPS) is 15.5. The van der Waals surface area contributed by atoms with E-state index in [0.717, 1.165) is 0 Å². The molecule has 0 aromatic heterocycles. The minimum atomic E-state index is -0.327. The van der Waals surface area contributed by atoms with E-state index < -0.39 is 0 Å². The zero-order valence-electron chi connectivity index (χ0n) is 9.54. The lowest BCUT2D eigenvalue weighted by Crippen LogP contribution is -2.48. The number of rotatable bonds is 7. The van der Waals surface area contributed by atoms with Gasteiger partial charge in [-0.2, -0.15) is 0 Å². The maximum absolute atomic E-state index is 10.9. The Kier molecular flexibility index (Phi) is 6.49. The van der Waals surface area contributed by atoms with Crippen molar-refractivity contribution in [3.63, 3.8) is 0 Å². The predicted molar refractivity (Wildman–Crippen MR) is 56.9 cm³/mol. The molecule has 0 fully saturated rings. The molecule has 0 bridgehead atoms. The van der Waals surface area contributed by atoms with Crippen LogP contribution in [0.4, 0.5) is 0 Å². The molecule has 1 amide bonds. The maximum Gasteiger partial charge on any atom is 0.234 e. The van der Waals surface area contributed by atoms with Gasteiger partial charge in [0, 0.05) is 12.6 Å². The summed E-state index contributed by atoms with van der Waals surface area (Å²) < 4.78 is 5.32. The van der Waals surface area contributed by atoms with Crippen LogP contribution in [0, 0.1) is 5.92 Å². The van der Waals surface area contributed by atoms with Crippen molar-refractivity contribution >= 4 is 5.91 Å². The second kappa shape index (κ2) is 6.79. The summed E-state index contributed by atoms with van der Waals surface area (Å²) in [6.07, 6.45) is 0. The van der Waals surface area contributed by atoms with Crippen LogP contribution in [0.5, 0.6) is 0 Å². The summed E-state index contributed by atoms with van der Waals surface area (Å²) in [5.74, 6) is 0.0931. The van der Waals surface area contributed by atoms with E-state index in [2.05, 4.69) is 19.2 Å². The van der Waals surface area contributed by atoms with Crippen molar-refractivity contribution in [3.05, 3.63) is 0 Å². The van der Waals surface area contributed by atoms with Gasteiger partial charge in [0.25, 0.3) is 0 Å². The molecular formula is C10H22N2O2. The van der Waals surface area contributed by atoms with Crippen molar-refractivity contribution in [2.24, 2.45) is 11.7 Å². The van der Waals surface area contributed by atoms with Crippen molar-refractivity contribution < 1.29 is 9.53 Å². The highest BCUT2D eigenvalue weighted by molar-refractivity contribution is 5.79. The molecule has 0 rings (SSSR count). The second-order valence-corrected chi connectivity index (χ2v) is 3.80. The number of carbonyl (C=O) groups excluding carboxylic acids is 1. The summed E-state index contributed by atoms with van der Waals surface area (Å²) in [4.78, 5) is 10.9. The van der Waals surface area contributed by atoms with E-state index in [1.807, 2.05) is 6.92 Å². The molecule has 3 N–H and O–H groups in total. The standard InChI is InChI=1S/C10H22N2O2/c1-5-14-6-9(7(2)3)12-8(4)10(11)13/h7-9,12H,5-6H2,1-4H3,(H2,11,13). The molecule has 0 saturated heterocycles. The first-order valence-corrected chi connectivity index (χ1v) is 5.12. The van der Waals surface area contributed by atoms with Gasteiger partial charge in [0.1, 0.15) is 0 Å². The Balaban J connectivity index is 4.02. The zero-order chi connectivity index (χ0) is 11.1. The van der Waals surface area contributed by atoms with Crippen molar-refractivity contribution in [3.8, 4) is 0 Å². The molecule has 0 heterocycles. The molecule has 84 valence electrons. The van der Waals surface area contributed by atoms with Crippen molar-refractivity contribution in [2.75, 3.05) is 13.2 Å². The van der Waals surface area contributed by atoms with Crippen molar-refractivity contribution in [1.29, 1.82) is 0 Å². The first-order valence-electron chi connectivity index (χ1n) is 5.12. The highest BCUT2D eigenvalue weighted by Crippen LogP contribution is 2.03. The molecule has 0 aliphatic carbocycles. The number of nitrogens with one attached hydrogen (secondary N) is 1. The number of nitrogens with two attached hydrogens (primary N) is 1. The number of hydrogen-bond donors (Lipinski definition) is 2. The van der Waals surface area contributed by atoms with Crippen LogP contribution in [-0.2, 0) is 9.53 Å². The van der Waals surface area contributed by atoms with Gasteiger partial charge in [-0.05, 0) is 19.8 Å². The zero-order valence-corrected chi connectivity index (χ0v) is 9.54. The fourth-order valence-corrected chi connectivity index (χ4v) is 1.08. The minimum Gasteiger partial charge on any atom is -0.380 e. The molecule has 2 unspecified atom stereocenters. The molecule has 0 aliphatic rings. The van der Waals surface area contributed by atoms with Crippen LogP contribution < -0.4 is 11.1 Å². The third-order valence-corrected chi connectivity index (χ3v) is 2.20. The summed E-state index contributed by atoms with van der Waals surface area (Å²) in [7, 11) is 0. The summed E-state index contributed by atoms with van der Waals surface area (Å²) in [5, 5.41) is 3.15. The molecule has 4 nitrogen and oxygen atoms in total. The Morgan fingerprint density at radius 3 is 2.36 bits per heavy atom. The Morgan fingerprint density at radius 1 is 1.43 bits per heavy atom. The lowest BCUT2D eigenvalue weighted by atomic mass is 10.0. The average Bonchev–Trinajstić information content (AvgIpc) is 2.10. The summed E-state index contributed by atoms with van der Waals surface area (Å²) in [5.41, 5.74) is 5.17. The average molecular weight is 202 g/mol. The monoisotopic (exact) mass is 202 g/mol. The third kappa shape index (κ3) is 5.19. The second-order valence-electron chi connectivity index (χ2n) is 3.80. The number of amides is 1. The van der Waals surface area contributed by atoms with Crippen molar-refractivity contribution in [1.82, 2.24) is 5.32 Å². The summed E-state index contributed by atoms with van der Waals surface area (Å²) >= 11 is 0. The smallest absolute Gasteiger partial charge is 0.234 e. The molecule has 0 saturated carbocycles. The van der Waals surface area contributed by atoms with Gasteiger partial charge < -0.3 is 15.8 Å². The lowest BCUT2D eigenvalue weighted by Gasteiger charge is -2.24. The maximum atomic E-state index is 10.9. The van der Waals surface area contributed by atoms with Gasteiger partial charge in [0.15, 0.2) is 0 Å². The van der Waals surface area contributed by atoms with Crippen molar-refractivity contribution in [2.45, 2.75) is 39.8 Å². The topological polar surface area (TPSA) is 64.3 Å². The van der Waals surface area contributed by atoms with Gasteiger partial charge >= 0.3 is 0 Å². The van der Waals surface area contributed by atoms with Gasteiger partial charge in [-0.15, -0.1) is 0 Å². The molecule has 0 aromatic carbocycles. The minimum absolute atomic E-state index is 0.178. The molecule has 4 heteroatoms. The molecule has 14 heavy (non-hydrogen) atoms. The number of ether oxygens (including phenoxy) is 1. The highest BCUT2D eigenvalue weighted by Gasteiger charge is 2.18. The van der Waals surface area contributed by atoms with Gasteiger partial charge in [-0.3, -0.25) is 4.79 Å². The van der Waals surface area contributed by atoms with E-state index in [9.17, 15) is 4.79 Å². The van der Waals surface area contributed by atoms with Crippen LogP contribution in [0.2, 0.25) is 0 Å². The third-order valence-electron chi connectivity index (χ3n) is 2.20. The van der Waals surface area contributed by atoms with Crippen LogP contribution in [0.25, 0.3) is 0 Å². The first kappa shape index (κ1) is 13.4. The fourth-order valence-electron chi connectivity index (χ4n) is 1.08. The Bertz CT molecular complexity index is 172. The van der Waals surface area contributed by atoms with Crippen LogP contribution in [0.3, 0.4) is 0 Å².